The molecule has 0 unspecified atom stereocenters. The molecule has 1 aliphatic rings. The van der Waals surface area contributed by atoms with Crippen molar-refractivity contribution in [2.45, 2.75) is 45.3 Å². The van der Waals surface area contributed by atoms with Crippen LogP contribution in [0.2, 0.25) is 0 Å². The van der Waals surface area contributed by atoms with E-state index in [1.165, 1.54) is 0 Å². The third kappa shape index (κ3) is 3.47. The number of ether oxygens (including phenoxy) is 1. The Bertz CT molecular complexity index is 711. The molecule has 0 radical (unpaired) electrons. The van der Waals surface area contributed by atoms with Crippen molar-refractivity contribution in [2.24, 2.45) is 0 Å². The van der Waals surface area contributed by atoms with E-state index in [2.05, 4.69) is 14.9 Å². The van der Waals surface area contributed by atoms with Crippen LogP contribution in [0.25, 0.3) is 11.0 Å². The van der Waals surface area contributed by atoms with Crippen LogP contribution in [-0.4, -0.2) is 52.7 Å². The van der Waals surface area contributed by atoms with E-state index in [1.54, 1.807) is 4.90 Å². The molecule has 0 atom stereocenters. The summed E-state index contributed by atoms with van der Waals surface area (Å²) in [5.41, 5.74) is 2.75. The number of piperidine rings is 1. The fraction of sp³-hybridized carbons (Fsp3) is 0.556. The van der Waals surface area contributed by atoms with Crippen LogP contribution in [0.3, 0.4) is 0 Å². The number of pyridine rings is 1. The summed E-state index contributed by atoms with van der Waals surface area (Å²) in [6.45, 7) is 7.49. The zero-order chi connectivity index (χ0) is 17.3. The fourth-order valence-electron chi connectivity index (χ4n) is 3.16. The van der Waals surface area contributed by atoms with Crippen molar-refractivity contribution in [3.05, 3.63) is 24.5 Å². The van der Waals surface area contributed by atoms with Gasteiger partial charge in [0.05, 0.1) is 11.2 Å². The summed E-state index contributed by atoms with van der Waals surface area (Å²) in [7, 11) is 1.83. The maximum atomic E-state index is 12.2. The minimum absolute atomic E-state index is 0.217. The summed E-state index contributed by atoms with van der Waals surface area (Å²) in [5, 5.41) is 0. The van der Waals surface area contributed by atoms with E-state index in [9.17, 15) is 4.79 Å². The standard InChI is InChI=1S/C18H26N4O2/c1-18(2,3)24-17(23)21(4)13-7-10-22(11-8-13)15-12-20-14-6-5-9-19-16(14)15/h5-6,9,12-13,20H,7-8,10-11H2,1-4H3. The highest BCUT2D eigenvalue weighted by atomic mass is 16.6. The molecule has 0 bridgehead atoms. The molecule has 1 N–H and O–H groups in total. The van der Waals surface area contributed by atoms with Gasteiger partial charge in [0.2, 0.25) is 0 Å². The van der Waals surface area contributed by atoms with Gasteiger partial charge in [-0.2, -0.15) is 0 Å². The second-order valence-electron chi connectivity index (χ2n) is 7.38. The van der Waals surface area contributed by atoms with Crippen molar-refractivity contribution >= 4 is 22.8 Å². The summed E-state index contributed by atoms with van der Waals surface area (Å²) in [4.78, 5) is 24.1. The third-order valence-corrected chi connectivity index (χ3v) is 4.45. The number of carbonyl (C=O) groups is 1. The smallest absolute Gasteiger partial charge is 0.410 e. The molecule has 24 heavy (non-hydrogen) atoms. The molecule has 130 valence electrons. The molecule has 1 amide bonds. The molecular weight excluding hydrogens is 304 g/mol. The molecule has 6 nitrogen and oxygen atoms in total. The second-order valence-corrected chi connectivity index (χ2v) is 7.38. The molecule has 2 aromatic rings. The Kier molecular flexibility index (Phi) is 4.39. The summed E-state index contributed by atoms with van der Waals surface area (Å²) in [6, 6.07) is 4.19. The summed E-state index contributed by atoms with van der Waals surface area (Å²) in [6.07, 6.45) is 5.46. The van der Waals surface area contributed by atoms with Gasteiger partial charge in [-0.15, -0.1) is 0 Å². The first kappa shape index (κ1) is 16.6. The van der Waals surface area contributed by atoms with E-state index in [0.717, 1.165) is 42.7 Å². The highest BCUT2D eigenvalue weighted by molar-refractivity contribution is 5.89. The average Bonchev–Trinajstić information content (AvgIpc) is 2.97. The first-order valence-electron chi connectivity index (χ1n) is 8.48. The van der Waals surface area contributed by atoms with Crippen LogP contribution in [0, 0.1) is 0 Å². The largest absolute Gasteiger partial charge is 0.444 e. The molecule has 0 aliphatic carbocycles. The van der Waals surface area contributed by atoms with Gasteiger partial charge in [0, 0.05) is 38.6 Å². The number of carbonyl (C=O) groups excluding carboxylic acids is 1. The molecule has 0 saturated carbocycles. The Hall–Kier alpha value is -2.24. The second kappa shape index (κ2) is 6.34. The predicted octanol–water partition coefficient (Wildman–Crippen LogP) is 3.40. The highest BCUT2D eigenvalue weighted by Gasteiger charge is 2.29. The van der Waals surface area contributed by atoms with Crippen molar-refractivity contribution in [2.75, 3.05) is 25.0 Å². The van der Waals surface area contributed by atoms with Crippen molar-refractivity contribution in [1.82, 2.24) is 14.9 Å². The number of hydrogen-bond acceptors (Lipinski definition) is 4. The number of hydrogen-bond donors (Lipinski definition) is 1. The molecule has 0 spiro atoms. The van der Waals surface area contributed by atoms with Gasteiger partial charge < -0.3 is 19.5 Å². The number of nitrogens with zero attached hydrogens (tertiary/aromatic N) is 3. The van der Waals surface area contributed by atoms with Crippen molar-refractivity contribution in [3.8, 4) is 0 Å². The quantitative estimate of drug-likeness (QED) is 0.917. The number of amides is 1. The number of anilines is 1. The number of fused-ring (bicyclic) bond motifs is 1. The minimum Gasteiger partial charge on any atom is -0.444 e. The lowest BCUT2D eigenvalue weighted by molar-refractivity contribution is 0.0201. The number of nitrogens with one attached hydrogen (secondary N) is 1. The lowest BCUT2D eigenvalue weighted by Crippen LogP contribution is -2.47. The fourth-order valence-corrected chi connectivity index (χ4v) is 3.16. The first-order chi connectivity index (χ1) is 11.3. The molecule has 1 aliphatic heterocycles. The van der Waals surface area contributed by atoms with Crippen LogP contribution < -0.4 is 4.90 Å². The SMILES string of the molecule is CN(C(=O)OC(C)(C)C)C1CCN(c2c[nH]c3cccnc23)CC1. The minimum atomic E-state index is -0.457. The van der Waals surface area contributed by atoms with Crippen molar-refractivity contribution < 1.29 is 9.53 Å². The molecule has 3 heterocycles. The Balaban J connectivity index is 1.62. The van der Waals surface area contributed by atoms with Crippen LogP contribution in [0.1, 0.15) is 33.6 Å². The maximum absolute atomic E-state index is 12.2. The first-order valence-corrected chi connectivity index (χ1v) is 8.48. The van der Waals surface area contributed by atoms with Gasteiger partial charge in [-0.3, -0.25) is 4.98 Å². The number of H-pyrrole nitrogens is 1. The molecule has 2 aromatic heterocycles. The normalized spacial score (nSPS) is 16.4. The van der Waals surface area contributed by atoms with Crippen LogP contribution in [0.4, 0.5) is 10.5 Å². The van der Waals surface area contributed by atoms with E-state index < -0.39 is 5.60 Å². The Morgan fingerprint density at radius 2 is 2.08 bits per heavy atom. The van der Waals surface area contributed by atoms with Crippen molar-refractivity contribution in [3.63, 3.8) is 0 Å². The Labute approximate surface area is 142 Å². The van der Waals surface area contributed by atoms with Crippen LogP contribution in [-0.2, 0) is 4.74 Å². The van der Waals surface area contributed by atoms with Gasteiger partial charge in [0.15, 0.2) is 0 Å². The van der Waals surface area contributed by atoms with Gasteiger partial charge in [0.1, 0.15) is 11.1 Å². The Morgan fingerprint density at radius 1 is 1.38 bits per heavy atom. The summed E-state index contributed by atoms with van der Waals surface area (Å²) >= 11 is 0. The van der Waals surface area contributed by atoms with Crippen LogP contribution >= 0.6 is 0 Å². The number of aromatic nitrogens is 2. The number of rotatable bonds is 2. The summed E-state index contributed by atoms with van der Waals surface area (Å²) < 4.78 is 5.47. The molecule has 1 saturated heterocycles. The molecule has 6 heteroatoms. The zero-order valence-electron chi connectivity index (χ0n) is 14.9. The maximum Gasteiger partial charge on any atom is 0.410 e. The van der Waals surface area contributed by atoms with Gasteiger partial charge in [0.25, 0.3) is 0 Å². The molecule has 0 aromatic carbocycles. The van der Waals surface area contributed by atoms with E-state index in [1.807, 2.05) is 52.3 Å². The van der Waals surface area contributed by atoms with E-state index in [0.29, 0.717) is 0 Å². The molecular formula is C18H26N4O2. The van der Waals surface area contributed by atoms with E-state index in [-0.39, 0.29) is 12.1 Å². The van der Waals surface area contributed by atoms with Gasteiger partial charge in [-0.1, -0.05) is 0 Å². The highest BCUT2D eigenvalue weighted by Crippen LogP contribution is 2.28. The van der Waals surface area contributed by atoms with Gasteiger partial charge in [-0.25, -0.2) is 4.79 Å². The lowest BCUT2D eigenvalue weighted by atomic mass is 10.0. The zero-order valence-corrected chi connectivity index (χ0v) is 14.9. The predicted molar refractivity (Wildman–Crippen MR) is 95.3 cm³/mol. The molecule has 3 rings (SSSR count). The lowest BCUT2D eigenvalue weighted by Gasteiger charge is -2.37. The third-order valence-electron chi connectivity index (χ3n) is 4.45. The van der Waals surface area contributed by atoms with Gasteiger partial charge in [-0.05, 0) is 45.7 Å². The van der Waals surface area contributed by atoms with Gasteiger partial charge >= 0.3 is 6.09 Å². The van der Waals surface area contributed by atoms with Crippen molar-refractivity contribution in [1.29, 1.82) is 0 Å². The number of aromatic amines is 1. The van der Waals surface area contributed by atoms with Crippen LogP contribution in [0.15, 0.2) is 24.5 Å². The molecule has 1 fully saturated rings. The monoisotopic (exact) mass is 330 g/mol. The topological polar surface area (TPSA) is 61.5 Å². The van der Waals surface area contributed by atoms with E-state index in [4.69, 9.17) is 4.74 Å². The van der Waals surface area contributed by atoms with E-state index >= 15 is 0 Å². The average molecular weight is 330 g/mol. The summed E-state index contributed by atoms with van der Waals surface area (Å²) in [5.74, 6) is 0. The van der Waals surface area contributed by atoms with Crippen LogP contribution in [0.5, 0.6) is 0 Å². The Morgan fingerprint density at radius 3 is 2.75 bits per heavy atom.